The molecule has 1 saturated carbocycles. The molecule has 7 rings (SSSR count). The van der Waals surface area contributed by atoms with Crippen LogP contribution in [0, 0.1) is 5.92 Å². The van der Waals surface area contributed by atoms with Crippen molar-refractivity contribution in [3.8, 4) is 0 Å². The van der Waals surface area contributed by atoms with Gasteiger partial charge in [-0.15, -0.1) is 0 Å². The molecule has 1 amide bonds. The van der Waals surface area contributed by atoms with E-state index in [0.29, 0.717) is 25.3 Å². The second-order valence-electron chi connectivity index (χ2n) is 10.1. The summed E-state index contributed by atoms with van der Waals surface area (Å²) in [5.74, 6) is 1.72. The number of likely N-dealkylation sites (tertiary alicyclic amines) is 1. The molecule has 34 heavy (non-hydrogen) atoms. The number of carbonyl (C=O) groups excluding carboxylic acids is 1. The third kappa shape index (κ3) is 3.14. The van der Waals surface area contributed by atoms with E-state index in [0.717, 1.165) is 54.6 Å². The Morgan fingerprint density at radius 3 is 2.88 bits per heavy atom. The molecule has 7 heteroatoms. The van der Waals surface area contributed by atoms with Crippen LogP contribution >= 0.6 is 0 Å². The number of aromatic nitrogens is 1. The lowest BCUT2D eigenvalue weighted by molar-refractivity contribution is -0.126. The third-order valence-electron chi connectivity index (χ3n) is 7.74. The van der Waals surface area contributed by atoms with E-state index < -0.39 is 0 Å². The van der Waals surface area contributed by atoms with Crippen molar-refractivity contribution in [1.29, 1.82) is 0 Å². The molecule has 0 radical (unpaired) electrons. The summed E-state index contributed by atoms with van der Waals surface area (Å²) < 4.78 is 8.34. The smallest absolute Gasteiger partial charge is 0.257 e. The number of nitrogens with two attached hydrogens (primary N) is 1. The first-order chi connectivity index (χ1) is 16.7. The Morgan fingerprint density at radius 1 is 1.18 bits per heavy atom. The van der Waals surface area contributed by atoms with Gasteiger partial charge in [-0.1, -0.05) is 18.2 Å². The monoisotopic (exact) mass is 455 g/mol. The van der Waals surface area contributed by atoms with Crippen LogP contribution in [0.15, 0.2) is 70.2 Å². The van der Waals surface area contributed by atoms with Crippen LogP contribution in [0.4, 0.5) is 0 Å². The second kappa shape index (κ2) is 7.60. The zero-order valence-corrected chi connectivity index (χ0v) is 19.2. The van der Waals surface area contributed by atoms with E-state index in [1.165, 1.54) is 29.3 Å². The highest BCUT2D eigenvalue weighted by Crippen LogP contribution is 2.40. The number of nitrogens with zero attached hydrogens (tertiary/aromatic N) is 4. The van der Waals surface area contributed by atoms with Crippen LogP contribution in [0.2, 0.25) is 0 Å². The van der Waals surface area contributed by atoms with Gasteiger partial charge in [-0.25, -0.2) is 4.99 Å². The molecule has 5 aliphatic rings. The maximum absolute atomic E-state index is 13.4. The normalized spacial score (nSPS) is 24.0. The van der Waals surface area contributed by atoms with Crippen molar-refractivity contribution in [2.24, 2.45) is 16.6 Å². The first-order valence-corrected chi connectivity index (χ1v) is 12.4. The number of rotatable bonds is 4. The topological polar surface area (TPSA) is 76.1 Å². The molecule has 0 spiro atoms. The third-order valence-corrected chi connectivity index (χ3v) is 7.74. The van der Waals surface area contributed by atoms with Crippen LogP contribution in [0.25, 0.3) is 10.9 Å². The van der Waals surface area contributed by atoms with E-state index in [-0.39, 0.29) is 11.9 Å². The predicted octanol–water partition coefficient (Wildman–Crippen LogP) is 3.13. The zero-order chi connectivity index (χ0) is 22.8. The lowest BCUT2D eigenvalue weighted by atomic mass is 9.99. The highest BCUT2D eigenvalue weighted by atomic mass is 16.5. The average Bonchev–Trinajstić information content (AvgIpc) is 3.29. The molecule has 0 bridgehead atoms. The largest absolute Gasteiger partial charge is 0.496 e. The van der Waals surface area contributed by atoms with Crippen LogP contribution in [-0.2, 0) is 16.1 Å². The molecule has 5 heterocycles. The van der Waals surface area contributed by atoms with Crippen LogP contribution in [0.5, 0.6) is 0 Å². The van der Waals surface area contributed by atoms with E-state index in [4.69, 9.17) is 15.5 Å². The first kappa shape index (κ1) is 20.1. The van der Waals surface area contributed by atoms with Crippen LogP contribution in [0.1, 0.15) is 31.4 Å². The maximum atomic E-state index is 13.4. The Kier molecular flexibility index (Phi) is 4.49. The van der Waals surface area contributed by atoms with E-state index in [2.05, 4.69) is 39.8 Å². The Morgan fingerprint density at radius 2 is 2.06 bits per heavy atom. The summed E-state index contributed by atoms with van der Waals surface area (Å²) in [6, 6.07) is 10.9. The first-order valence-electron chi connectivity index (χ1n) is 12.4. The summed E-state index contributed by atoms with van der Waals surface area (Å²) in [6.07, 6.45) is 7.88. The fourth-order valence-corrected chi connectivity index (χ4v) is 5.76. The van der Waals surface area contributed by atoms with Gasteiger partial charge in [0.05, 0.1) is 23.2 Å². The van der Waals surface area contributed by atoms with Gasteiger partial charge in [0.2, 0.25) is 0 Å². The molecule has 4 aliphatic heterocycles. The maximum Gasteiger partial charge on any atom is 0.257 e. The Labute approximate surface area is 198 Å². The van der Waals surface area contributed by atoms with Gasteiger partial charge < -0.3 is 24.8 Å². The van der Waals surface area contributed by atoms with Gasteiger partial charge in [-0.2, -0.15) is 0 Å². The number of amides is 1. The number of allylic oxidation sites excluding steroid dienone is 1. The molecule has 2 N–H and O–H groups in total. The Hall–Kier alpha value is -3.32. The number of para-hydroxylation sites is 1. The zero-order valence-electron chi connectivity index (χ0n) is 19.2. The Bertz CT molecular complexity index is 1330. The molecule has 1 atom stereocenters. The molecule has 1 saturated heterocycles. The van der Waals surface area contributed by atoms with E-state index in [9.17, 15) is 4.79 Å². The van der Waals surface area contributed by atoms with E-state index in [1.807, 2.05) is 11.1 Å². The Balaban J connectivity index is 1.33. The summed E-state index contributed by atoms with van der Waals surface area (Å²) in [6.45, 7) is 3.67. The fourth-order valence-electron chi connectivity index (χ4n) is 5.76. The molecule has 1 aromatic heterocycles. The molecule has 1 aliphatic carbocycles. The minimum atomic E-state index is -0.0127. The molecular formula is C27H29N5O2. The van der Waals surface area contributed by atoms with Crippen molar-refractivity contribution in [2.75, 3.05) is 26.2 Å². The highest BCUT2D eigenvalue weighted by molar-refractivity contribution is 6.06. The van der Waals surface area contributed by atoms with Crippen molar-refractivity contribution in [3.05, 3.63) is 70.9 Å². The van der Waals surface area contributed by atoms with Gasteiger partial charge in [0, 0.05) is 54.9 Å². The summed E-state index contributed by atoms with van der Waals surface area (Å²) >= 11 is 0. The molecule has 0 unspecified atom stereocenters. The number of amidine groups is 1. The lowest BCUT2D eigenvalue weighted by Crippen LogP contribution is -2.37. The minimum Gasteiger partial charge on any atom is -0.496 e. The number of benzene rings is 1. The molecular weight excluding hydrogens is 426 g/mol. The number of hydrogen-bond donors (Lipinski definition) is 1. The number of hydrogen-bond acceptors (Lipinski definition) is 5. The second-order valence-corrected chi connectivity index (χ2v) is 10.1. The summed E-state index contributed by atoms with van der Waals surface area (Å²) in [5, 5.41) is 1.24. The highest BCUT2D eigenvalue weighted by Gasteiger charge is 2.39. The van der Waals surface area contributed by atoms with Gasteiger partial charge in [-0.05, 0) is 49.3 Å². The quantitative estimate of drug-likeness (QED) is 0.769. The van der Waals surface area contributed by atoms with Gasteiger partial charge in [0.1, 0.15) is 6.61 Å². The molecule has 2 aromatic rings. The van der Waals surface area contributed by atoms with Gasteiger partial charge >= 0.3 is 0 Å². The molecule has 174 valence electrons. The predicted molar refractivity (Wildman–Crippen MR) is 131 cm³/mol. The summed E-state index contributed by atoms with van der Waals surface area (Å²) in [7, 11) is 0. The van der Waals surface area contributed by atoms with Crippen molar-refractivity contribution < 1.29 is 9.53 Å². The number of ether oxygens (including phenoxy) is 1. The molecule has 1 aromatic carbocycles. The van der Waals surface area contributed by atoms with Crippen molar-refractivity contribution in [3.63, 3.8) is 0 Å². The van der Waals surface area contributed by atoms with Crippen LogP contribution in [-0.4, -0.2) is 58.4 Å². The number of fused-ring (bicyclic) bond motifs is 1. The van der Waals surface area contributed by atoms with Crippen molar-refractivity contribution in [2.45, 2.75) is 38.3 Å². The number of carbonyl (C=O) groups is 1. The van der Waals surface area contributed by atoms with E-state index in [1.54, 1.807) is 6.26 Å². The number of aliphatic imine (C=N–C) groups is 1. The van der Waals surface area contributed by atoms with Gasteiger partial charge in [-0.3, -0.25) is 4.79 Å². The SMILES string of the molecule is N[C@@H]1CCN(C(=O)C2=COCC3=C4C2=CN=C(c2cc5ccccc5n2CC2CC2)N4CC3)C1. The van der Waals surface area contributed by atoms with Crippen molar-refractivity contribution in [1.82, 2.24) is 14.4 Å². The lowest BCUT2D eigenvalue weighted by Gasteiger charge is -2.30. The minimum absolute atomic E-state index is 0.0127. The summed E-state index contributed by atoms with van der Waals surface area (Å²) in [5.41, 5.74) is 12.3. The van der Waals surface area contributed by atoms with Crippen LogP contribution in [0.3, 0.4) is 0 Å². The van der Waals surface area contributed by atoms with Crippen molar-refractivity contribution >= 4 is 22.6 Å². The molecule has 2 fully saturated rings. The van der Waals surface area contributed by atoms with E-state index >= 15 is 0 Å². The van der Waals surface area contributed by atoms with Gasteiger partial charge in [0.25, 0.3) is 5.91 Å². The summed E-state index contributed by atoms with van der Waals surface area (Å²) in [4.78, 5) is 22.6. The standard InChI is InChI=1S/C27H29N5O2/c28-20-8-9-30(14-20)27(33)22-16-34-15-19-7-10-31-25(19)21(22)12-29-26(31)24-11-18-3-1-2-4-23(18)32(24)13-17-5-6-17/h1-4,11-12,16-17,20H,5-10,13-15,28H2/t20-/m1/s1. The molecule has 7 nitrogen and oxygen atoms in total. The fraction of sp³-hybridized carbons (Fsp3) is 0.407. The average molecular weight is 456 g/mol. The van der Waals surface area contributed by atoms with Crippen LogP contribution < -0.4 is 5.73 Å². The van der Waals surface area contributed by atoms with Gasteiger partial charge in [0.15, 0.2) is 5.84 Å².